The molecule has 0 aromatic heterocycles. The Kier molecular flexibility index (Phi) is 6.67. The van der Waals surface area contributed by atoms with Crippen LogP contribution in [0.3, 0.4) is 0 Å². The average molecular weight is 336 g/mol. The molecule has 1 rings (SSSR count). The van der Waals surface area contributed by atoms with E-state index in [4.69, 9.17) is 5.11 Å². The Morgan fingerprint density at radius 3 is 2.89 bits per heavy atom. The van der Waals surface area contributed by atoms with Gasteiger partial charge >= 0.3 is 5.97 Å². The van der Waals surface area contributed by atoms with E-state index >= 15 is 0 Å². The molecule has 1 atom stereocenters. The molecule has 1 aromatic rings. The lowest BCUT2D eigenvalue weighted by atomic mass is 10.1. The molecule has 3 nitrogen and oxygen atoms in total. The largest absolute Gasteiger partial charge is 0.480 e. The molecule has 1 aromatic carbocycles. The minimum Gasteiger partial charge on any atom is -0.480 e. The van der Waals surface area contributed by atoms with E-state index in [-0.39, 0.29) is 12.4 Å². The van der Waals surface area contributed by atoms with Crippen LogP contribution in [0.15, 0.2) is 22.7 Å². The Morgan fingerprint density at radius 1 is 1.61 bits per heavy atom. The Bertz CT molecular complexity index is 417. The maximum atomic E-state index is 13.5. The molecule has 18 heavy (non-hydrogen) atoms. The fourth-order valence-corrected chi connectivity index (χ4v) is 2.25. The summed E-state index contributed by atoms with van der Waals surface area (Å²) in [4.78, 5) is 11.0. The van der Waals surface area contributed by atoms with E-state index in [1.165, 1.54) is 6.07 Å². The zero-order valence-corrected chi connectivity index (χ0v) is 12.4. The highest BCUT2D eigenvalue weighted by molar-refractivity contribution is 9.10. The van der Waals surface area contributed by atoms with E-state index in [9.17, 15) is 9.18 Å². The Morgan fingerprint density at radius 2 is 2.33 bits per heavy atom. The molecule has 0 bridgehead atoms. The van der Waals surface area contributed by atoms with Gasteiger partial charge in [0.15, 0.2) is 0 Å². The van der Waals surface area contributed by atoms with Gasteiger partial charge in [-0.15, -0.1) is 0 Å². The lowest BCUT2D eigenvalue weighted by molar-refractivity contribution is -0.139. The summed E-state index contributed by atoms with van der Waals surface area (Å²) in [6.45, 7) is 0.213. The molecule has 0 fully saturated rings. The van der Waals surface area contributed by atoms with Gasteiger partial charge in [-0.25, -0.2) is 4.39 Å². The van der Waals surface area contributed by atoms with Crippen LogP contribution in [0.5, 0.6) is 0 Å². The quantitative estimate of drug-likeness (QED) is 0.804. The molecule has 2 N–H and O–H groups in total. The van der Waals surface area contributed by atoms with Crippen molar-refractivity contribution in [2.45, 2.75) is 19.0 Å². The maximum Gasteiger partial charge on any atom is 0.320 e. The molecule has 0 unspecified atom stereocenters. The van der Waals surface area contributed by atoms with Crippen molar-refractivity contribution in [3.8, 4) is 0 Å². The van der Waals surface area contributed by atoms with Crippen LogP contribution >= 0.6 is 27.7 Å². The van der Waals surface area contributed by atoms with E-state index in [2.05, 4.69) is 21.2 Å². The second kappa shape index (κ2) is 7.76. The normalized spacial score (nSPS) is 12.4. The lowest BCUT2D eigenvalue weighted by Gasteiger charge is -2.14. The van der Waals surface area contributed by atoms with Crippen molar-refractivity contribution < 1.29 is 14.3 Å². The number of nitrogens with one attached hydrogen (secondary N) is 1. The van der Waals surface area contributed by atoms with Crippen LogP contribution in [0.25, 0.3) is 0 Å². The van der Waals surface area contributed by atoms with Crippen LogP contribution in [-0.2, 0) is 11.3 Å². The van der Waals surface area contributed by atoms with E-state index in [1.54, 1.807) is 23.9 Å². The standard InChI is InChI=1S/C12H15BrFNO2S/c1-18-5-4-11(12(16)17)15-7-8-2-3-9(13)6-10(8)14/h2-3,6,11,15H,4-5,7H2,1H3,(H,16,17)/t11-/m0/s1. The predicted octanol–water partition coefficient (Wildman–Crippen LogP) is 2.88. The zero-order valence-electron chi connectivity index (χ0n) is 9.95. The fourth-order valence-electron chi connectivity index (χ4n) is 1.45. The molecule has 0 aliphatic carbocycles. The van der Waals surface area contributed by atoms with Crippen molar-refractivity contribution in [3.63, 3.8) is 0 Å². The SMILES string of the molecule is CSCC[C@H](NCc1ccc(Br)cc1F)C(=O)O. The van der Waals surface area contributed by atoms with Crippen molar-refractivity contribution in [1.29, 1.82) is 0 Å². The molecule has 0 spiro atoms. The number of carbonyl (C=O) groups is 1. The molecule has 0 amide bonds. The minimum atomic E-state index is -0.901. The third kappa shape index (κ3) is 4.96. The van der Waals surface area contributed by atoms with Crippen LogP contribution in [0.1, 0.15) is 12.0 Å². The van der Waals surface area contributed by atoms with Gasteiger partial charge in [0.1, 0.15) is 11.9 Å². The van der Waals surface area contributed by atoms with Crippen molar-refractivity contribution in [2.24, 2.45) is 0 Å². The second-order valence-electron chi connectivity index (χ2n) is 3.79. The zero-order chi connectivity index (χ0) is 13.5. The number of aliphatic carboxylic acids is 1. The van der Waals surface area contributed by atoms with Crippen molar-refractivity contribution in [3.05, 3.63) is 34.1 Å². The van der Waals surface area contributed by atoms with Gasteiger partial charge in [-0.2, -0.15) is 11.8 Å². The Hall–Kier alpha value is -0.590. The first-order chi connectivity index (χ1) is 8.54. The second-order valence-corrected chi connectivity index (χ2v) is 5.69. The molecule has 0 heterocycles. The number of halogens is 2. The van der Waals surface area contributed by atoms with Crippen LogP contribution in [0.4, 0.5) is 4.39 Å². The number of hydrogen-bond donors (Lipinski definition) is 2. The van der Waals surface area contributed by atoms with Crippen LogP contribution in [-0.4, -0.2) is 29.1 Å². The van der Waals surface area contributed by atoms with E-state index in [1.807, 2.05) is 6.26 Å². The van der Waals surface area contributed by atoms with Gasteiger partial charge in [0, 0.05) is 16.6 Å². The number of benzene rings is 1. The summed E-state index contributed by atoms with van der Waals surface area (Å²) in [5.41, 5.74) is 0.466. The first kappa shape index (κ1) is 15.5. The van der Waals surface area contributed by atoms with Gasteiger partial charge in [0.2, 0.25) is 0 Å². The van der Waals surface area contributed by atoms with Gasteiger partial charge in [-0.1, -0.05) is 22.0 Å². The molecule has 0 radical (unpaired) electrons. The topological polar surface area (TPSA) is 49.3 Å². The molecule has 0 aliphatic heterocycles. The lowest BCUT2D eigenvalue weighted by Crippen LogP contribution is -2.36. The highest BCUT2D eigenvalue weighted by atomic mass is 79.9. The predicted molar refractivity (Wildman–Crippen MR) is 75.4 cm³/mol. The monoisotopic (exact) mass is 335 g/mol. The van der Waals surface area contributed by atoms with Crippen molar-refractivity contribution >= 4 is 33.7 Å². The van der Waals surface area contributed by atoms with Gasteiger partial charge in [-0.05, 0) is 30.6 Å². The van der Waals surface area contributed by atoms with E-state index < -0.39 is 12.0 Å². The Labute approximate surface area is 118 Å². The van der Waals surface area contributed by atoms with Crippen LogP contribution < -0.4 is 5.32 Å². The highest BCUT2D eigenvalue weighted by Crippen LogP contribution is 2.15. The Balaban J connectivity index is 2.58. The molecule has 0 aliphatic rings. The molecule has 6 heteroatoms. The summed E-state index contributed by atoms with van der Waals surface area (Å²) >= 11 is 4.77. The summed E-state index contributed by atoms with van der Waals surface area (Å²) in [5.74, 6) is -0.486. The van der Waals surface area contributed by atoms with E-state index in [0.29, 0.717) is 16.5 Å². The summed E-state index contributed by atoms with van der Waals surface area (Å²) < 4.78 is 14.2. The smallest absolute Gasteiger partial charge is 0.320 e. The van der Waals surface area contributed by atoms with Gasteiger partial charge in [-0.3, -0.25) is 4.79 Å². The third-order valence-electron chi connectivity index (χ3n) is 2.46. The van der Waals surface area contributed by atoms with Crippen molar-refractivity contribution in [1.82, 2.24) is 5.32 Å². The molecular formula is C12H15BrFNO2S. The minimum absolute atomic E-state index is 0.213. The fraction of sp³-hybridized carbons (Fsp3) is 0.417. The number of hydrogen-bond acceptors (Lipinski definition) is 3. The molecule has 100 valence electrons. The molecule has 0 saturated carbocycles. The number of carboxylic acid groups (broad SMARTS) is 1. The number of rotatable bonds is 7. The molecular weight excluding hydrogens is 321 g/mol. The van der Waals surface area contributed by atoms with E-state index in [0.717, 1.165) is 5.75 Å². The van der Waals surface area contributed by atoms with Gasteiger partial charge in [0.25, 0.3) is 0 Å². The summed E-state index contributed by atoms with van der Waals surface area (Å²) in [6, 6.07) is 4.10. The first-order valence-corrected chi connectivity index (χ1v) is 7.62. The highest BCUT2D eigenvalue weighted by Gasteiger charge is 2.16. The van der Waals surface area contributed by atoms with Gasteiger partial charge < -0.3 is 10.4 Å². The number of thioether (sulfide) groups is 1. The summed E-state index contributed by atoms with van der Waals surface area (Å²) in [5, 5.41) is 11.9. The van der Waals surface area contributed by atoms with Crippen molar-refractivity contribution in [2.75, 3.05) is 12.0 Å². The maximum absolute atomic E-state index is 13.5. The van der Waals surface area contributed by atoms with Crippen LogP contribution in [0, 0.1) is 5.82 Å². The number of carboxylic acids is 1. The summed E-state index contributed by atoms with van der Waals surface area (Å²) in [7, 11) is 0. The molecule has 0 saturated heterocycles. The van der Waals surface area contributed by atoms with Gasteiger partial charge in [0.05, 0.1) is 0 Å². The summed E-state index contributed by atoms with van der Waals surface area (Å²) in [6.07, 6.45) is 2.45. The van der Waals surface area contributed by atoms with Crippen LogP contribution in [0.2, 0.25) is 0 Å². The first-order valence-electron chi connectivity index (χ1n) is 5.43. The third-order valence-corrected chi connectivity index (χ3v) is 3.60. The average Bonchev–Trinajstić information content (AvgIpc) is 2.31.